The molecule has 0 saturated heterocycles. The van der Waals surface area contributed by atoms with Gasteiger partial charge in [0.25, 0.3) is 0 Å². The van der Waals surface area contributed by atoms with Gasteiger partial charge in [-0.05, 0) is 23.8 Å². The van der Waals surface area contributed by atoms with Crippen molar-refractivity contribution in [3.05, 3.63) is 53.6 Å². The number of methoxy groups -OCH3 is 2. The maximum atomic E-state index is 13.0. The van der Waals surface area contributed by atoms with E-state index >= 15 is 0 Å². The van der Waals surface area contributed by atoms with Crippen LogP contribution >= 0.6 is 0 Å². The smallest absolute Gasteiger partial charge is 0.416 e. The van der Waals surface area contributed by atoms with Gasteiger partial charge in [0.15, 0.2) is 17.5 Å². The molecule has 0 spiro atoms. The minimum absolute atomic E-state index is 0.146. The Labute approximate surface area is 162 Å². The fourth-order valence-corrected chi connectivity index (χ4v) is 2.59. The molecule has 2 aromatic rings. The highest BCUT2D eigenvalue weighted by atomic mass is 19.4. The van der Waals surface area contributed by atoms with Crippen molar-refractivity contribution in [2.45, 2.75) is 25.4 Å². The zero-order chi connectivity index (χ0) is 20.9. The number of benzene rings is 2. The maximum absolute atomic E-state index is 13.0. The van der Waals surface area contributed by atoms with Crippen molar-refractivity contribution in [3.8, 4) is 11.5 Å². The summed E-state index contributed by atoms with van der Waals surface area (Å²) in [6, 6.07) is 10.4. The van der Waals surface area contributed by atoms with Crippen molar-refractivity contribution >= 4 is 11.6 Å². The summed E-state index contributed by atoms with van der Waals surface area (Å²) in [7, 11) is 3.06. The summed E-state index contributed by atoms with van der Waals surface area (Å²) in [5.74, 6) is 1.26. The lowest BCUT2D eigenvalue weighted by Crippen LogP contribution is -2.28. The number of anilines is 1. The average Bonchev–Trinajstić information content (AvgIpc) is 2.66. The van der Waals surface area contributed by atoms with Crippen LogP contribution in [0.1, 0.15) is 25.0 Å². The molecule has 2 rings (SSSR count). The molecule has 8 heteroatoms. The molecule has 0 amide bonds. The van der Waals surface area contributed by atoms with Gasteiger partial charge in [0.1, 0.15) is 0 Å². The van der Waals surface area contributed by atoms with E-state index in [-0.39, 0.29) is 12.5 Å². The SMILES string of the molecule is COc1ccc(NC(N)=NCC(C)(C)c2cccc(C(F)(F)F)c2)cc1OC. The number of hydrogen-bond donors (Lipinski definition) is 2. The van der Waals surface area contributed by atoms with Crippen molar-refractivity contribution in [2.75, 3.05) is 26.1 Å². The zero-order valence-corrected chi connectivity index (χ0v) is 16.2. The van der Waals surface area contributed by atoms with E-state index in [1.807, 2.05) is 13.8 Å². The molecule has 152 valence electrons. The number of hydrogen-bond acceptors (Lipinski definition) is 3. The molecule has 28 heavy (non-hydrogen) atoms. The molecule has 0 atom stereocenters. The highest BCUT2D eigenvalue weighted by Crippen LogP contribution is 2.33. The quantitative estimate of drug-likeness (QED) is 0.561. The summed E-state index contributed by atoms with van der Waals surface area (Å²) in [6.07, 6.45) is -4.39. The van der Waals surface area contributed by atoms with Gasteiger partial charge in [-0.2, -0.15) is 13.2 Å². The first-order chi connectivity index (χ1) is 13.1. The molecule has 0 fully saturated rings. The van der Waals surface area contributed by atoms with Gasteiger partial charge in [-0.15, -0.1) is 0 Å². The van der Waals surface area contributed by atoms with Crippen molar-refractivity contribution in [2.24, 2.45) is 10.7 Å². The number of nitrogens with two attached hydrogens (primary N) is 1. The predicted molar refractivity (Wildman–Crippen MR) is 104 cm³/mol. The Morgan fingerprint density at radius 2 is 1.64 bits per heavy atom. The Morgan fingerprint density at radius 3 is 2.25 bits per heavy atom. The molecule has 0 unspecified atom stereocenters. The van der Waals surface area contributed by atoms with Gasteiger partial charge in [0, 0.05) is 17.2 Å². The summed E-state index contributed by atoms with van der Waals surface area (Å²) in [6.45, 7) is 3.84. The van der Waals surface area contributed by atoms with E-state index in [9.17, 15) is 13.2 Å². The molecular formula is C20H24F3N3O2. The van der Waals surface area contributed by atoms with Crippen molar-refractivity contribution in [3.63, 3.8) is 0 Å². The molecule has 0 aliphatic rings. The Balaban J connectivity index is 2.13. The minimum Gasteiger partial charge on any atom is -0.493 e. The van der Waals surface area contributed by atoms with Crippen LogP contribution in [0.25, 0.3) is 0 Å². The topological polar surface area (TPSA) is 68.9 Å². The Hall–Kier alpha value is -2.90. The van der Waals surface area contributed by atoms with Crippen LogP contribution in [0.3, 0.4) is 0 Å². The monoisotopic (exact) mass is 395 g/mol. The van der Waals surface area contributed by atoms with Gasteiger partial charge < -0.3 is 20.5 Å². The van der Waals surface area contributed by atoms with E-state index in [0.29, 0.717) is 22.7 Å². The van der Waals surface area contributed by atoms with Gasteiger partial charge in [0.05, 0.1) is 26.3 Å². The van der Waals surface area contributed by atoms with Crippen LogP contribution in [0.5, 0.6) is 11.5 Å². The van der Waals surface area contributed by atoms with Crippen LogP contribution < -0.4 is 20.5 Å². The van der Waals surface area contributed by atoms with E-state index in [2.05, 4.69) is 10.3 Å². The standard InChI is InChI=1S/C20H24F3N3O2/c1-19(2,13-6-5-7-14(10-13)20(21,22)23)12-25-18(24)26-15-8-9-16(27-3)17(11-15)28-4/h5-11H,12H2,1-4H3,(H3,24,25,26). The van der Waals surface area contributed by atoms with Crippen LogP contribution in [0, 0.1) is 0 Å². The molecule has 0 heterocycles. The van der Waals surface area contributed by atoms with E-state index in [0.717, 1.165) is 12.1 Å². The predicted octanol–water partition coefficient (Wildman–Crippen LogP) is 4.43. The second-order valence-corrected chi connectivity index (χ2v) is 6.86. The Kier molecular flexibility index (Phi) is 6.43. The Bertz CT molecular complexity index is 849. The number of ether oxygens (including phenoxy) is 2. The van der Waals surface area contributed by atoms with E-state index in [4.69, 9.17) is 15.2 Å². The van der Waals surface area contributed by atoms with Gasteiger partial charge >= 0.3 is 6.18 Å². The molecule has 0 aliphatic carbocycles. The number of halogens is 3. The molecule has 2 aromatic carbocycles. The van der Waals surface area contributed by atoms with E-state index in [1.165, 1.54) is 20.3 Å². The number of nitrogens with zero attached hydrogens (tertiary/aromatic N) is 1. The van der Waals surface area contributed by atoms with Gasteiger partial charge in [-0.3, -0.25) is 4.99 Å². The average molecular weight is 395 g/mol. The third-order valence-electron chi connectivity index (χ3n) is 4.27. The van der Waals surface area contributed by atoms with E-state index in [1.54, 1.807) is 24.3 Å². The number of guanidine groups is 1. The molecule has 5 nitrogen and oxygen atoms in total. The lowest BCUT2D eigenvalue weighted by Gasteiger charge is -2.24. The molecule has 0 radical (unpaired) electrons. The van der Waals surface area contributed by atoms with Crippen LogP contribution in [0.2, 0.25) is 0 Å². The number of alkyl halides is 3. The molecule has 0 aliphatic heterocycles. The third kappa shape index (κ3) is 5.31. The lowest BCUT2D eigenvalue weighted by atomic mass is 9.84. The largest absolute Gasteiger partial charge is 0.493 e. The van der Waals surface area contributed by atoms with Gasteiger partial charge in [-0.1, -0.05) is 32.0 Å². The first kappa shape index (κ1) is 21.4. The first-order valence-corrected chi connectivity index (χ1v) is 8.53. The summed E-state index contributed by atoms with van der Waals surface area (Å²) >= 11 is 0. The Morgan fingerprint density at radius 1 is 1.00 bits per heavy atom. The number of rotatable bonds is 6. The maximum Gasteiger partial charge on any atom is 0.416 e. The number of aliphatic imine (C=N–C) groups is 1. The number of nitrogens with one attached hydrogen (secondary N) is 1. The summed E-state index contributed by atoms with van der Waals surface area (Å²) in [5, 5.41) is 2.94. The molecule has 0 bridgehead atoms. The van der Waals surface area contributed by atoms with Crippen molar-refractivity contribution < 1.29 is 22.6 Å². The molecule has 3 N–H and O–H groups in total. The molecule has 0 saturated carbocycles. The third-order valence-corrected chi connectivity index (χ3v) is 4.27. The highest BCUT2D eigenvalue weighted by Gasteiger charge is 2.32. The highest BCUT2D eigenvalue weighted by molar-refractivity contribution is 5.92. The van der Waals surface area contributed by atoms with Crippen LogP contribution in [0.15, 0.2) is 47.5 Å². The lowest BCUT2D eigenvalue weighted by molar-refractivity contribution is -0.137. The molecule has 0 aromatic heterocycles. The first-order valence-electron chi connectivity index (χ1n) is 8.53. The van der Waals surface area contributed by atoms with E-state index < -0.39 is 17.2 Å². The van der Waals surface area contributed by atoms with Crippen LogP contribution in [-0.4, -0.2) is 26.7 Å². The van der Waals surface area contributed by atoms with Crippen LogP contribution in [-0.2, 0) is 11.6 Å². The van der Waals surface area contributed by atoms with Gasteiger partial charge in [-0.25, -0.2) is 0 Å². The van der Waals surface area contributed by atoms with Crippen LogP contribution in [0.4, 0.5) is 18.9 Å². The minimum atomic E-state index is -4.39. The van der Waals surface area contributed by atoms with Gasteiger partial charge in [0.2, 0.25) is 0 Å². The zero-order valence-electron chi connectivity index (χ0n) is 16.2. The fraction of sp³-hybridized carbons (Fsp3) is 0.350. The van der Waals surface area contributed by atoms with Crippen molar-refractivity contribution in [1.82, 2.24) is 0 Å². The second-order valence-electron chi connectivity index (χ2n) is 6.86. The summed E-state index contributed by atoms with van der Waals surface area (Å²) in [4.78, 5) is 4.29. The second kappa shape index (κ2) is 8.41. The van der Waals surface area contributed by atoms with Crippen molar-refractivity contribution in [1.29, 1.82) is 0 Å². The normalized spacial score (nSPS) is 12.6. The summed E-state index contributed by atoms with van der Waals surface area (Å²) in [5.41, 5.74) is 5.80. The summed E-state index contributed by atoms with van der Waals surface area (Å²) < 4.78 is 49.3. The molecular weight excluding hydrogens is 371 g/mol. The fourth-order valence-electron chi connectivity index (χ4n) is 2.59.